The Morgan fingerprint density at radius 2 is 0.506 bits per heavy atom. The second-order valence-corrected chi connectivity index (χ2v) is 24.6. The van der Waals surface area contributed by atoms with Crippen LogP contribution in [0.5, 0.6) is 0 Å². The van der Waals surface area contributed by atoms with Crippen LogP contribution in [0.4, 0.5) is 0 Å². The highest BCUT2D eigenvalue weighted by Gasteiger charge is 2.18. The molecule has 1 amide bonds. The molecule has 0 aliphatic rings. The van der Waals surface area contributed by atoms with E-state index in [1.165, 1.54) is 347 Å². The summed E-state index contributed by atoms with van der Waals surface area (Å²) < 4.78 is 0. The van der Waals surface area contributed by atoms with Crippen molar-refractivity contribution in [3.8, 4) is 0 Å². The van der Waals surface area contributed by atoms with Crippen molar-refractivity contribution in [3.63, 3.8) is 0 Å². The van der Waals surface area contributed by atoms with Gasteiger partial charge in [-0.05, 0) is 44.9 Å². The largest absolute Gasteiger partial charge is 0.394 e. The van der Waals surface area contributed by atoms with Crippen LogP contribution in [0.1, 0.15) is 406 Å². The summed E-state index contributed by atoms with van der Waals surface area (Å²) in [5.74, 6) is -0.0692. The van der Waals surface area contributed by atoms with Crippen molar-refractivity contribution in [1.82, 2.24) is 5.32 Å². The third-order valence-electron chi connectivity index (χ3n) is 16.9. The fourth-order valence-electron chi connectivity index (χ4n) is 11.5. The van der Waals surface area contributed by atoms with E-state index in [9.17, 15) is 15.0 Å². The second-order valence-electron chi connectivity index (χ2n) is 24.6. The van der Waals surface area contributed by atoms with E-state index >= 15 is 0 Å². The number of aliphatic hydroxyl groups is 2. The number of carbonyl (C=O) groups is 1. The molecule has 4 nitrogen and oxygen atoms in total. The smallest absolute Gasteiger partial charge is 0.220 e. The zero-order valence-corrected chi connectivity index (χ0v) is 52.8. The van der Waals surface area contributed by atoms with Gasteiger partial charge in [0, 0.05) is 6.42 Å². The highest BCUT2D eigenvalue weighted by molar-refractivity contribution is 5.76. The van der Waals surface area contributed by atoms with Crippen molar-refractivity contribution in [3.05, 3.63) is 36.5 Å². The molecule has 3 N–H and O–H groups in total. The summed E-state index contributed by atoms with van der Waals surface area (Å²) in [6.07, 6.45) is 95.4. The van der Waals surface area contributed by atoms with E-state index in [1.807, 2.05) is 6.08 Å². The Morgan fingerprint density at radius 1 is 0.299 bits per heavy atom. The topological polar surface area (TPSA) is 69.6 Å². The number of unbranched alkanes of at least 4 members (excludes halogenated alkanes) is 56. The van der Waals surface area contributed by atoms with Crippen molar-refractivity contribution in [2.24, 2.45) is 0 Å². The summed E-state index contributed by atoms with van der Waals surface area (Å²) in [5, 5.41) is 23.3. The van der Waals surface area contributed by atoms with Gasteiger partial charge < -0.3 is 15.5 Å². The third kappa shape index (κ3) is 65.3. The molecular weight excluding hydrogens is 939 g/mol. The Balaban J connectivity index is 3.45. The molecule has 77 heavy (non-hydrogen) atoms. The molecule has 0 radical (unpaired) electrons. The van der Waals surface area contributed by atoms with Gasteiger partial charge in [0.15, 0.2) is 0 Å². The van der Waals surface area contributed by atoms with E-state index in [0.717, 1.165) is 38.5 Å². The summed E-state index contributed by atoms with van der Waals surface area (Å²) in [5.41, 5.74) is 0. The Labute approximate surface area is 484 Å². The third-order valence-corrected chi connectivity index (χ3v) is 16.9. The molecule has 0 saturated carbocycles. The highest BCUT2D eigenvalue weighted by atomic mass is 16.3. The number of hydrogen-bond acceptors (Lipinski definition) is 3. The maximum absolute atomic E-state index is 12.5. The summed E-state index contributed by atoms with van der Waals surface area (Å²) >= 11 is 0. The Hall–Kier alpha value is -1.39. The molecule has 0 saturated heterocycles. The van der Waals surface area contributed by atoms with Gasteiger partial charge in [-0.1, -0.05) is 391 Å². The Morgan fingerprint density at radius 3 is 0.753 bits per heavy atom. The van der Waals surface area contributed by atoms with Gasteiger partial charge in [-0.15, -0.1) is 0 Å². The van der Waals surface area contributed by atoms with Gasteiger partial charge in [0.25, 0.3) is 0 Å². The number of hydrogen-bond donors (Lipinski definition) is 3. The quantitative estimate of drug-likeness (QED) is 0.0420. The number of amides is 1. The van der Waals surface area contributed by atoms with Gasteiger partial charge in [-0.25, -0.2) is 0 Å². The molecule has 0 aromatic carbocycles. The van der Waals surface area contributed by atoms with Crippen LogP contribution in [0.2, 0.25) is 0 Å². The van der Waals surface area contributed by atoms with E-state index in [-0.39, 0.29) is 12.5 Å². The van der Waals surface area contributed by atoms with E-state index < -0.39 is 12.1 Å². The highest BCUT2D eigenvalue weighted by Crippen LogP contribution is 2.19. The standard InChI is InChI=1S/C73H141NO3/c1-3-5-7-9-11-13-15-17-19-21-23-25-27-29-31-33-35-36-37-38-39-41-43-45-47-49-51-53-55-57-59-61-63-65-67-69-73(77)74-71(70-75)72(76)68-66-64-62-60-58-56-54-52-50-48-46-44-42-40-34-32-30-28-26-24-22-20-18-16-14-12-10-8-6-4-2/h50,52,58,60,66,68,71-72,75-76H,3-49,51,53-57,59,61-65,67,69-70H2,1-2H3,(H,74,77)/b52-50+,60-58+,68-66+. The van der Waals surface area contributed by atoms with Crippen LogP contribution in [0, 0.1) is 0 Å². The molecule has 0 aliphatic heterocycles. The maximum atomic E-state index is 12.5. The predicted molar refractivity (Wildman–Crippen MR) is 345 cm³/mol. The second kappa shape index (κ2) is 68.9. The fourth-order valence-corrected chi connectivity index (χ4v) is 11.5. The minimum Gasteiger partial charge on any atom is -0.394 e. The van der Waals surface area contributed by atoms with Gasteiger partial charge in [0.1, 0.15) is 0 Å². The molecule has 0 bridgehead atoms. The van der Waals surface area contributed by atoms with Crippen LogP contribution in [0.25, 0.3) is 0 Å². The van der Waals surface area contributed by atoms with Crippen molar-refractivity contribution in [2.45, 2.75) is 418 Å². The molecule has 0 fully saturated rings. The predicted octanol–water partition coefficient (Wildman–Crippen LogP) is 24.3. The van der Waals surface area contributed by atoms with E-state index in [2.05, 4.69) is 43.5 Å². The van der Waals surface area contributed by atoms with E-state index in [1.54, 1.807) is 6.08 Å². The normalized spacial score (nSPS) is 12.8. The molecule has 2 unspecified atom stereocenters. The number of aliphatic hydroxyl groups excluding tert-OH is 2. The zero-order valence-electron chi connectivity index (χ0n) is 52.8. The van der Waals surface area contributed by atoms with Gasteiger partial charge in [0.05, 0.1) is 18.8 Å². The molecule has 456 valence electrons. The molecule has 0 aromatic rings. The molecule has 0 spiro atoms. The lowest BCUT2D eigenvalue weighted by Gasteiger charge is -2.19. The summed E-state index contributed by atoms with van der Waals surface area (Å²) in [6, 6.07) is -0.646. The van der Waals surface area contributed by atoms with Crippen LogP contribution in [-0.2, 0) is 4.79 Å². The summed E-state index contributed by atoms with van der Waals surface area (Å²) in [6.45, 7) is 4.35. The number of allylic oxidation sites excluding steroid dienone is 5. The van der Waals surface area contributed by atoms with Crippen molar-refractivity contribution in [1.29, 1.82) is 0 Å². The Bertz CT molecular complexity index is 1180. The lowest BCUT2D eigenvalue weighted by molar-refractivity contribution is -0.123. The van der Waals surface area contributed by atoms with Gasteiger partial charge >= 0.3 is 0 Å². The monoisotopic (exact) mass is 1080 g/mol. The Kier molecular flexibility index (Phi) is 67.6. The fraction of sp³-hybridized carbons (Fsp3) is 0.904. The molecule has 0 aliphatic carbocycles. The van der Waals surface area contributed by atoms with E-state index in [4.69, 9.17) is 0 Å². The lowest BCUT2D eigenvalue weighted by atomic mass is 10.0. The average Bonchev–Trinajstić information content (AvgIpc) is 3.43. The van der Waals surface area contributed by atoms with Crippen LogP contribution in [0.15, 0.2) is 36.5 Å². The van der Waals surface area contributed by atoms with Crippen molar-refractivity contribution < 1.29 is 15.0 Å². The minimum atomic E-state index is -0.871. The lowest BCUT2D eigenvalue weighted by Crippen LogP contribution is -2.45. The van der Waals surface area contributed by atoms with Crippen LogP contribution < -0.4 is 5.32 Å². The van der Waals surface area contributed by atoms with Crippen molar-refractivity contribution in [2.75, 3.05) is 6.61 Å². The summed E-state index contributed by atoms with van der Waals surface area (Å²) in [7, 11) is 0. The van der Waals surface area contributed by atoms with Crippen LogP contribution in [-0.4, -0.2) is 34.9 Å². The molecule has 0 heterocycles. The summed E-state index contributed by atoms with van der Waals surface area (Å²) in [4.78, 5) is 12.5. The first-order valence-corrected chi connectivity index (χ1v) is 35.7. The van der Waals surface area contributed by atoms with Crippen LogP contribution >= 0.6 is 0 Å². The molecule has 2 atom stereocenters. The zero-order chi connectivity index (χ0) is 55.5. The number of rotatable bonds is 67. The SMILES string of the molecule is CCCCCCCCCCCCCCCCCCCCCC/C=C/CC/C=C/CC/C=C/C(O)C(CO)NC(=O)CCCCCCCCCCCCCCCCCCCCCCCCCCCCCCCCCCCCC. The van der Waals surface area contributed by atoms with Crippen molar-refractivity contribution >= 4 is 5.91 Å². The molecule has 4 heteroatoms. The first kappa shape index (κ1) is 75.6. The molecule has 0 rings (SSSR count). The minimum absolute atomic E-state index is 0.0692. The molecule has 0 aromatic heterocycles. The number of carbonyl (C=O) groups excluding carboxylic acids is 1. The average molecular weight is 1080 g/mol. The number of nitrogens with one attached hydrogen (secondary N) is 1. The first-order chi connectivity index (χ1) is 38.2. The molecular formula is C73H141NO3. The van der Waals surface area contributed by atoms with E-state index in [0.29, 0.717) is 6.42 Å². The first-order valence-electron chi connectivity index (χ1n) is 35.7. The van der Waals surface area contributed by atoms with Gasteiger partial charge in [-0.3, -0.25) is 4.79 Å². The van der Waals surface area contributed by atoms with Gasteiger partial charge in [-0.2, -0.15) is 0 Å². The maximum Gasteiger partial charge on any atom is 0.220 e. The van der Waals surface area contributed by atoms with Crippen LogP contribution in [0.3, 0.4) is 0 Å². The van der Waals surface area contributed by atoms with Gasteiger partial charge in [0.2, 0.25) is 5.91 Å².